The average Bonchev–Trinajstić information content (AvgIpc) is 2.91. The second kappa shape index (κ2) is 11.8. The van der Waals surface area contributed by atoms with E-state index in [1.165, 1.54) is 0 Å². The molecule has 4 aromatic rings. The van der Waals surface area contributed by atoms with Gasteiger partial charge in [0.05, 0.1) is 12.3 Å². The Balaban J connectivity index is 1.46. The van der Waals surface area contributed by atoms with Crippen molar-refractivity contribution >= 4 is 29.1 Å². The van der Waals surface area contributed by atoms with E-state index < -0.39 is 5.91 Å². The molecule has 0 spiro atoms. The third-order valence-corrected chi connectivity index (χ3v) is 5.62. The summed E-state index contributed by atoms with van der Waals surface area (Å²) in [6.07, 6.45) is 0.545. The van der Waals surface area contributed by atoms with E-state index in [4.69, 9.17) is 11.6 Å². The Morgan fingerprint density at radius 3 is 1.91 bits per heavy atom. The molecule has 4 aromatic carbocycles. The fraction of sp³-hybridized carbons (Fsp3) is 0.0690. The van der Waals surface area contributed by atoms with Gasteiger partial charge in [-0.3, -0.25) is 9.59 Å². The first-order valence-corrected chi connectivity index (χ1v) is 11.6. The molecule has 0 saturated heterocycles. The van der Waals surface area contributed by atoms with Crippen molar-refractivity contribution in [1.82, 2.24) is 10.7 Å². The summed E-state index contributed by atoms with van der Waals surface area (Å²) in [5, 5.41) is 7.53. The van der Waals surface area contributed by atoms with Crippen molar-refractivity contribution in [3.63, 3.8) is 0 Å². The zero-order valence-corrected chi connectivity index (χ0v) is 19.7. The minimum absolute atomic E-state index is 0.198. The molecule has 4 rings (SSSR count). The van der Waals surface area contributed by atoms with Gasteiger partial charge < -0.3 is 5.32 Å². The number of carbonyl (C=O) groups excluding carboxylic acids is 2. The van der Waals surface area contributed by atoms with Crippen LogP contribution in [-0.2, 0) is 11.2 Å². The molecule has 0 atom stereocenters. The number of benzene rings is 4. The van der Waals surface area contributed by atoms with E-state index in [0.717, 1.165) is 22.3 Å². The second-order valence-corrected chi connectivity index (χ2v) is 8.33. The molecule has 2 N–H and O–H groups in total. The van der Waals surface area contributed by atoms with E-state index in [-0.39, 0.29) is 12.5 Å². The Morgan fingerprint density at radius 1 is 0.686 bits per heavy atom. The summed E-state index contributed by atoms with van der Waals surface area (Å²) in [6, 6.07) is 34.6. The highest BCUT2D eigenvalue weighted by Gasteiger charge is 2.10. The highest BCUT2D eigenvalue weighted by atomic mass is 35.5. The van der Waals surface area contributed by atoms with Crippen molar-refractivity contribution in [2.45, 2.75) is 6.42 Å². The van der Waals surface area contributed by atoms with E-state index in [1.807, 2.05) is 72.8 Å². The molecule has 0 saturated carbocycles. The topological polar surface area (TPSA) is 70.6 Å². The highest BCUT2D eigenvalue weighted by Crippen LogP contribution is 2.20. The van der Waals surface area contributed by atoms with Crippen molar-refractivity contribution < 1.29 is 9.59 Å². The van der Waals surface area contributed by atoms with Gasteiger partial charge in [0, 0.05) is 17.0 Å². The standard InChI is InChI=1S/C29H24ClN3O2/c30-26-17-15-25(16-18-26)29(35)31-20-28(34)33-32-27(19-21-7-3-1-4-8-21)24-13-11-23(12-14-24)22-9-5-2-6-10-22/h1-18H,19-20H2,(H,31,35)(H,33,34)/b32-27-. The van der Waals surface area contributed by atoms with E-state index >= 15 is 0 Å². The molecule has 0 radical (unpaired) electrons. The molecule has 0 aromatic heterocycles. The van der Waals surface area contributed by atoms with Crippen molar-refractivity contribution in [1.29, 1.82) is 0 Å². The summed E-state index contributed by atoms with van der Waals surface area (Å²) < 4.78 is 0. The van der Waals surface area contributed by atoms with Crippen LogP contribution in [0.5, 0.6) is 0 Å². The molecule has 0 fully saturated rings. The number of nitrogens with zero attached hydrogens (tertiary/aromatic N) is 1. The number of hydrogen-bond acceptors (Lipinski definition) is 3. The van der Waals surface area contributed by atoms with Gasteiger partial charge in [-0.25, -0.2) is 5.43 Å². The van der Waals surface area contributed by atoms with Gasteiger partial charge in [-0.2, -0.15) is 5.10 Å². The largest absolute Gasteiger partial charge is 0.343 e. The number of carbonyl (C=O) groups is 2. The van der Waals surface area contributed by atoms with Crippen LogP contribution in [0.2, 0.25) is 5.02 Å². The number of hydrogen-bond donors (Lipinski definition) is 2. The van der Waals surface area contributed by atoms with Crippen molar-refractivity contribution in [2.24, 2.45) is 5.10 Å². The molecule has 2 amide bonds. The van der Waals surface area contributed by atoms with Crippen LogP contribution in [0.15, 0.2) is 114 Å². The van der Waals surface area contributed by atoms with Gasteiger partial charge in [0.25, 0.3) is 11.8 Å². The van der Waals surface area contributed by atoms with Crippen LogP contribution < -0.4 is 10.7 Å². The lowest BCUT2D eigenvalue weighted by Gasteiger charge is -2.10. The van der Waals surface area contributed by atoms with E-state index in [1.54, 1.807) is 24.3 Å². The van der Waals surface area contributed by atoms with Crippen LogP contribution in [0.1, 0.15) is 21.5 Å². The Bertz CT molecular complexity index is 1300. The van der Waals surface area contributed by atoms with Gasteiger partial charge >= 0.3 is 0 Å². The van der Waals surface area contributed by atoms with Crippen molar-refractivity contribution in [3.05, 3.63) is 131 Å². The van der Waals surface area contributed by atoms with Crippen LogP contribution in [0.25, 0.3) is 11.1 Å². The first kappa shape index (κ1) is 23.9. The Morgan fingerprint density at radius 2 is 1.26 bits per heavy atom. The number of nitrogens with one attached hydrogen (secondary N) is 2. The predicted molar refractivity (Wildman–Crippen MR) is 140 cm³/mol. The van der Waals surface area contributed by atoms with Crippen LogP contribution in [0.3, 0.4) is 0 Å². The lowest BCUT2D eigenvalue weighted by Crippen LogP contribution is -2.35. The SMILES string of the molecule is O=C(CNC(=O)c1ccc(Cl)cc1)N/N=C(/Cc1ccccc1)c1ccc(-c2ccccc2)cc1. The minimum atomic E-state index is -0.418. The third-order valence-electron chi connectivity index (χ3n) is 5.37. The molecule has 35 heavy (non-hydrogen) atoms. The van der Waals surface area contributed by atoms with Gasteiger partial charge in [-0.15, -0.1) is 0 Å². The third kappa shape index (κ3) is 6.88. The van der Waals surface area contributed by atoms with Gasteiger partial charge in [-0.1, -0.05) is 96.5 Å². The summed E-state index contributed by atoms with van der Waals surface area (Å²) in [5.41, 5.74) is 7.92. The zero-order chi connectivity index (χ0) is 24.5. The van der Waals surface area contributed by atoms with Crippen molar-refractivity contribution in [2.75, 3.05) is 6.54 Å². The molecule has 0 bridgehead atoms. The van der Waals surface area contributed by atoms with Crippen molar-refractivity contribution in [3.8, 4) is 11.1 Å². The second-order valence-electron chi connectivity index (χ2n) is 7.89. The van der Waals surface area contributed by atoms with E-state index in [2.05, 4.69) is 28.0 Å². The summed E-state index contributed by atoms with van der Waals surface area (Å²) in [7, 11) is 0. The van der Waals surface area contributed by atoms with Gasteiger partial charge in [-0.05, 0) is 46.5 Å². The number of rotatable bonds is 8. The lowest BCUT2D eigenvalue weighted by molar-refractivity contribution is -0.120. The number of hydrazone groups is 1. The summed E-state index contributed by atoms with van der Waals surface area (Å²) in [6.45, 7) is -0.198. The van der Waals surface area contributed by atoms with Crippen LogP contribution >= 0.6 is 11.6 Å². The van der Waals surface area contributed by atoms with Gasteiger partial charge in [0.2, 0.25) is 0 Å². The van der Waals surface area contributed by atoms with E-state index in [9.17, 15) is 9.59 Å². The summed E-state index contributed by atoms with van der Waals surface area (Å²) in [5.74, 6) is -0.777. The minimum Gasteiger partial charge on any atom is -0.343 e. The summed E-state index contributed by atoms with van der Waals surface area (Å²) in [4.78, 5) is 24.6. The molecule has 0 aliphatic heterocycles. The molecular weight excluding hydrogens is 458 g/mol. The molecule has 0 aliphatic rings. The highest BCUT2D eigenvalue weighted by molar-refractivity contribution is 6.30. The molecular formula is C29H24ClN3O2. The zero-order valence-electron chi connectivity index (χ0n) is 18.9. The molecule has 6 heteroatoms. The maximum atomic E-state index is 12.4. The van der Waals surface area contributed by atoms with Crippen LogP contribution in [0.4, 0.5) is 0 Å². The predicted octanol–water partition coefficient (Wildman–Crippen LogP) is 5.50. The fourth-order valence-corrected chi connectivity index (χ4v) is 3.64. The Hall–Kier alpha value is -4.22. The van der Waals surface area contributed by atoms with E-state index in [0.29, 0.717) is 22.7 Å². The summed E-state index contributed by atoms with van der Waals surface area (Å²) >= 11 is 5.85. The Labute approximate surface area is 209 Å². The normalized spacial score (nSPS) is 11.1. The maximum absolute atomic E-state index is 12.4. The molecule has 174 valence electrons. The van der Waals surface area contributed by atoms with Crippen LogP contribution in [0, 0.1) is 0 Å². The monoisotopic (exact) mass is 481 g/mol. The number of halogens is 1. The molecule has 0 heterocycles. The fourth-order valence-electron chi connectivity index (χ4n) is 3.51. The first-order valence-electron chi connectivity index (χ1n) is 11.2. The van der Waals surface area contributed by atoms with Gasteiger partial charge in [0.15, 0.2) is 0 Å². The molecule has 0 aliphatic carbocycles. The van der Waals surface area contributed by atoms with Crippen LogP contribution in [-0.4, -0.2) is 24.1 Å². The quantitative estimate of drug-likeness (QED) is 0.258. The van der Waals surface area contributed by atoms with Gasteiger partial charge in [0.1, 0.15) is 0 Å². The number of amides is 2. The molecule has 5 nitrogen and oxygen atoms in total. The lowest BCUT2D eigenvalue weighted by atomic mass is 9.99. The smallest absolute Gasteiger partial charge is 0.259 e. The maximum Gasteiger partial charge on any atom is 0.259 e. The average molecular weight is 482 g/mol. The molecule has 0 unspecified atom stereocenters. The first-order chi connectivity index (χ1) is 17.1. The Kier molecular flexibility index (Phi) is 8.04.